The highest BCUT2D eigenvalue weighted by atomic mass is 16.3. The molecule has 2 heteroatoms. The van der Waals surface area contributed by atoms with Gasteiger partial charge in [-0.15, -0.1) is 0 Å². The maximum Gasteiger partial charge on any atom is 0.129 e. The van der Waals surface area contributed by atoms with Crippen LogP contribution in [0.2, 0.25) is 0 Å². The van der Waals surface area contributed by atoms with Crippen LogP contribution in [0.3, 0.4) is 0 Å². The molecule has 0 saturated heterocycles. The van der Waals surface area contributed by atoms with Crippen molar-refractivity contribution in [2.24, 2.45) is 5.92 Å². The van der Waals surface area contributed by atoms with Gasteiger partial charge in [-0.2, -0.15) is 0 Å². The summed E-state index contributed by atoms with van der Waals surface area (Å²) in [4.78, 5) is 10.9. The van der Waals surface area contributed by atoms with Crippen LogP contribution in [0.5, 0.6) is 0 Å². The number of hydrogen-bond donors (Lipinski definition) is 1. The summed E-state index contributed by atoms with van der Waals surface area (Å²) in [5, 5.41) is 10.0. The maximum atomic E-state index is 10.9. The first kappa shape index (κ1) is 15.9. The van der Waals surface area contributed by atoms with Gasteiger partial charge in [0.25, 0.3) is 0 Å². The third-order valence-electron chi connectivity index (χ3n) is 3.51. The molecule has 2 atom stereocenters. The second-order valence-electron chi connectivity index (χ2n) is 5.61. The molecule has 0 aliphatic rings. The van der Waals surface area contributed by atoms with Gasteiger partial charge in [-0.25, -0.2) is 0 Å². The van der Waals surface area contributed by atoms with Crippen molar-refractivity contribution in [3.05, 3.63) is 35.9 Å². The number of hydrogen-bond acceptors (Lipinski definition) is 2. The van der Waals surface area contributed by atoms with Crippen molar-refractivity contribution in [1.29, 1.82) is 0 Å². The van der Waals surface area contributed by atoms with Crippen LogP contribution in [0.1, 0.15) is 51.5 Å². The molecule has 0 unspecified atom stereocenters. The smallest absolute Gasteiger partial charge is 0.129 e. The van der Waals surface area contributed by atoms with Gasteiger partial charge in [0.15, 0.2) is 0 Å². The van der Waals surface area contributed by atoms with E-state index >= 15 is 0 Å². The quantitative estimate of drug-likeness (QED) is 0.735. The summed E-state index contributed by atoms with van der Waals surface area (Å²) in [6.07, 6.45) is 5.01. The summed E-state index contributed by atoms with van der Waals surface area (Å²) in [6, 6.07) is 10.3. The monoisotopic (exact) mass is 262 g/mol. The van der Waals surface area contributed by atoms with Crippen LogP contribution >= 0.6 is 0 Å². The molecule has 106 valence electrons. The average Bonchev–Trinajstić information content (AvgIpc) is 2.37. The number of ketones is 1. The van der Waals surface area contributed by atoms with E-state index in [-0.39, 0.29) is 11.9 Å². The molecule has 0 spiro atoms. The predicted octanol–water partition coefficient (Wildman–Crippen LogP) is 3.77. The molecular weight excluding hydrogens is 236 g/mol. The molecule has 0 aromatic heterocycles. The third-order valence-corrected chi connectivity index (χ3v) is 3.51. The van der Waals surface area contributed by atoms with Gasteiger partial charge in [-0.3, -0.25) is 0 Å². The number of benzene rings is 1. The number of carbonyl (C=O) groups excluding carboxylic acids is 1. The van der Waals surface area contributed by atoms with E-state index in [1.165, 1.54) is 5.56 Å². The van der Waals surface area contributed by atoms with E-state index in [2.05, 4.69) is 19.1 Å². The van der Waals surface area contributed by atoms with Gasteiger partial charge >= 0.3 is 0 Å². The van der Waals surface area contributed by atoms with Crippen molar-refractivity contribution >= 4 is 5.78 Å². The number of Topliss-reactive ketones (excluding diaryl/α,β-unsaturated/α-hetero) is 1. The maximum absolute atomic E-state index is 10.9. The summed E-state index contributed by atoms with van der Waals surface area (Å²) < 4.78 is 0. The molecule has 0 amide bonds. The Morgan fingerprint density at radius 2 is 1.89 bits per heavy atom. The minimum Gasteiger partial charge on any atom is -0.393 e. The summed E-state index contributed by atoms with van der Waals surface area (Å²) in [5.74, 6) is 0.752. The van der Waals surface area contributed by atoms with E-state index in [1.54, 1.807) is 6.92 Å². The Morgan fingerprint density at radius 1 is 1.21 bits per heavy atom. The normalized spacial score (nSPS) is 14.1. The Bertz CT molecular complexity index is 359. The molecule has 0 fully saturated rings. The molecular formula is C17H26O2. The average molecular weight is 262 g/mol. The van der Waals surface area contributed by atoms with E-state index in [4.69, 9.17) is 0 Å². The van der Waals surface area contributed by atoms with Gasteiger partial charge in [-0.05, 0) is 44.1 Å². The molecule has 0 aliphatic heterocycles. The zero-order valence-corrected chi connectivity index (χ0v) is 12.1. The molecule has 0 saturated carbocycles. The number of aliphatic hydroxyl groups is 1. The van der Waals surface area contributed by atoms with Gasteiger partial charge in [0.05, 0.1) is 6.10 Å². The van der Waals surface area contributed by atoms with Crippen molar-refractivity contribution in [2.45, 2.75) is 58.5 Å². The summed E-state index contributed by atoms with van der Waals surface area (Å²) in [6.45, 7) is 3.80. The lowest BCUT2D eigenvalue weighted by molar-refractivity contribution is -0.117. The van der Waals surface area contributed by atoms with Crippen molar-refractivity contribution in [1.82, 2.24) is 0 Å². The minimum absolute atomic E-state index is 0.229. The number of rotatable bonds is 9. The molecule has 1 aromatic carbocycles. The van der Waals surface area contributed by atoms with Crippen LogP contribution in [-0.4, -0.2) is 17.0 Å². The topological polar surface area (TPSA) is 37.3 Å². The largest absolute Gasteiger partial charge is 0.393 e. The lowest BCUT2D eigenvalue weighted by Gasteiger charge is -2.16. The fourth-order valence-electron chi connectivity index (χ4n) is 2.38. The first-order valence-corrected chi connectivity index (χ1v) is 7.29. The van der Waals surface area contributed by atoms with E-state index in [9.17, 15) is 9.90 Å². The summed E-state index contributed by atoms with van der Waals surface area (Å²) in [7, 11) is 0. The minimum atomic E-state index is -0.229. The Hall–Kier alpha value is -1.15. The van der Waals surface area contributed by atoms with Gasteiger partial charge in [-0.1, -0.05) is 43.7 Å². The van der Waals surface area contributed by atoms with E-state index < -0.39 is 0 Å². The van der Waals surface area contributed by atoms with Gasteiger partial charge in [0, 0.05) is 6.42 Å². The first-order chi connectivity index (χ1) is 9.08. The second kappa shape index (κ2) is 8.87. The number of carbonyl (C=O) groups is 1. The zero-order chi connectivity index (χ0) is 14.1. The van der Waals surface area contributed by atoms with Crippen LogP contribution in [0, 0.1) is 5.92 Å². The van der Waals surface area contributed by atoms with Gasteiger partial charge in [0.1, 0.15) is 5.78 Å². The molecule has 1 aromatic rings. The number of aryl methyl sites for hydroxylation is 1. The predicted molar refractivity (Wildman–Crippen MR) is 79.1 cm³/mol. The Labute approximate surface area is 116 Å². The molecule has 0 aliphatic carbocycles. The van der Waals surface area contributed by atoms with Gasteiger partial charge in [0.2, 0.25) is 0 Å². The Morgan fingerprint density at radius 3 is 2.53 bits per heavy atom. The van der Waals surface area contributed by atoms with Crippen molar-refractivity contribution in [3.8, 4) is 0 Å². The molecule has 0 heterocycles. The van der Waals surface area contributed by atoms with Gasteiger partial charge < -0.3 is 9.90 Å². The molecule has 0 radical (unpaired) electrons. The highest BCUT2D eigenvalue weighted by Gasteiger charge is 2.10. The lowest BCUT2D eigenvalue weighted by Crippen LogP contribution is -2.13. The van der Waals surface area contributed by atoms with E-state index in [1.807, 2.05) is 18.2 Å². The zero-order valence-electron chi connectivity index (χ0n) is 12.1. The fourth-order valence-corrected chi connectivity index (χ4v) is 2.38. The highest BCUT2D eigenvalue weighted by molar-refractivity contribution is 5.75. The standard InChI is InChI=1S/C17H26O2/c1-14(7-6-8-15(2)18)13-17(19)12-11-16-9-4-3-5-10-16/h3-5,9-10,14,17,19H,6-8,11-13H2,1-2H3/t14-,17-/m1/s1. The molecule has 2 nitrogen and oxygen atoms in total. The van der Waals surface area contributed by atoms with Crippen molar-refractivity contribution in [3.63, 3.8) is 0 Å². The van der Waals surface area contributed by atoms with Crippen LogP contribution in [0.4, 0.5) is 0 Å². The molecule has 1 N–H and O–H groups in total. The molecule has 1 rings (SSSR count). The first-order valence-electron chi connectivity index (χ1n) is 7.29. The summed E-state index contributed by atoms with van der Waals surface area (Å²) in [5.41, 5.74) is 1.28. The SMILES string of the molecule is CC(=O)CCC[C@@H](C)C[C@H](O)CCc1ccccc1. The second-order valence-corrected chi connectivity index (χ2v) is 5.61. The van der Waals surface area contributed by atoms with Crippen LogP contribution in [0.25, 0.3) is 0 Å². The molecule has 19 heavy (non-hydrogen) atoms. The van der Waals surface area contributed by atoms with Crippen molar-refractivity contribution < 1.29 is 9.90 Å². The molecule has 0 bridgehead atoms. The van der Waals surface area contributed by atoms with Crippen LogP contribution in [-0.2, 0) is 11.2 Å². The number of aliphatic hydroxyl groups excluding tert-OH is 1. The summed E-state index contributed by atoms with van der Waals surface area (Å²) >= 11 is 0. The van der Waals surface area contributed by atoms with Crippen LogP contribution < -0.4 is 0 Å². The van der Waals surface area contributed by atoms with E-state index in [0.717, 1.165) is 32.1 Å². The van der Waals surface area contributed by atoms with Crippen LogP contribution in [0.15, 0.2) is 30.3 Å². The Kier molecular flexibility index (Phi) is 7.42. The fraction of sp³-hybridized carbons (Fsp3) is 0.588. The third kappa shape index (κ3) is 7.78. The van der Waals surface area contributed by atoms with Crippen molar-refractivity contribution in [2.75, 3.05) is 0 Å². The van der Waals surface area contributed by atoms with E-state index in [0.29, 0.717) is 12.3 Å². The Balaban J connectivity index is 2.16. The lowest BCUT2D eigenvalue weighted by atomic mass is 9.94. The highest BCUT2D eigenvalue weighted by Crippen LogP contribution is 2.17.